The number of piperidine rings is 1. The Hall–Kier alpha value is -5.90. The molecule has 1 amide bonds. The minimum Gasteiger partial charge on any atom is -0.497 e. The molecule has 6 rings (SSSR count). The molecule has 5 aromatic rings. The summed E-state index contributed by atoms with van der Waals surface area (Å²) in [4.78, 5) is 30.2. The van der Waals surface area contributed by atoms with Crippen LogP contribution in [0.1, 0.15) is 100 Å². The lowest BCUT2D eigenvalue weighted by Gasteiger charge is -2.33. The van der Waals surface area contributed by atoms with E-state index in [1.54, 1.807) is 45.5 Å². The first-order valence-corrected chi connectivity index (χ1v) is 20.2. The van der Waals surface area contributed by atoms with E-state index in [4.69, 9.17) is 43.5 Å². The fourth-order valence-corrected chi connectivity index (χ4v) is 7.27. The van der Waals surface area contributed by atoms with Crippen molar-refractivity contribution in [2.24, 2.45) is 0 Å². The van der Waals surface area contributed by atoms with Gasteiger partial charge in [0.05, 0.1) is 46.4 Å². The number of ether oxygens (including phenoxy) is 6. The lowest BCUT2D eigenvalue weighted by atomic mass is 9.92. The molecule has 4 heterocycles. The summed E-state index contributed by atoms with van der Waals surface area (Å²) in [7, 11) is 6.37. The molecule has 2 atom stereocenters. The zero-order chi connectivity index (χ0) is 43.1. The van der Waals surface area contributed by atoms with Crippen molar-refractivity contribution < 1.29 is 42.7 Å². The normalized spacial score (nSPS) is 14.4. The van der Waals surface area contributed by atoms with Gasteiger partial charge in [-0.1, -0.05) is 13.3 Å². The van der Waals surface area contributed by atoms with Crippen LogP contribution in [0, 0.1) is 5.95 Å². The number of rotatable bonds is 16. The molecule has 1 N–H and O–H groups in total. The first-order valence-electron chi connectivity index (χ1n) is 20.2. The second-order valence-electron chi connectivity index (χ2n) is 15.8. The van der Waals surface area contributed by atoms with Gasteiger partial charge in [-0.15, -0.1) is 5.10 Å². The number of aromatic nitrogens is 5. The van der Waals surface area contributed by atoms with Crippen molar-refractivity contribution in [1.82, 2.24) is 29.5 Å². The van der Waals surface area contributed by atoms with Crippen LogP contribution in [0.15, 0.2) is 54.7 Å². The highest BCUT2D eigenvalue weighted by molar-refractivity contribution is 5.68. The molecule has 1 saturated heterocycles. The van der Waals surface area contributed by atoms with Gasteiger partial charge in [0.2, 0.25) is 5.95 Å². The Morgan fingerprint density at radius 2 is 1.53 bits per heavy atom. The summed E-state index contributed by atoms with van der Waals surface area (Å²) >= 11 is 0. The van der Waals surface area contributed by atoms with Gasteiger partial charge in [0.1, 0.15) is 34.7 Å². The van der Waals surface area contributed by atoms with Crippen LogP contribution in [0.25, 0.3) is 5.65 Å². The quantitative estimate of drug-likeness (QED) is 0.0969. The lowest BCUT2D eigenvalue weighted by Crippen LogP contribution is -2.41. The van der Waals surface area contributed by atoms with Crippen LogP contribution in [-0.4, -0.2) is 93.9 Å². The topological polar surface area (TPSA) is 155 Å². The lowest BCUT2D eigenvalue weighted by molar-refractivity contribution is 0.0203. The maximum absolute atomic E-state index is 16.0. The molecular formula is C44H56FN7O8. The Morgan fingerprint density at radius 1 is 0.917 bits per heavy atom. The minimum absolute atomic E-state index is 0.0449. The number of likely N-dealkylation sites (tertiary alicyclic amines) is 1. The highest BCUT2D eigenvalue weighted by Gasteiger charge is 2.31. The molecule has 0 radical (unpaired) electrons. The fourth-order valence-electron chi connectivity index (χ4n) is 7.27. The van der Waals surface area contributed by atoms with Crippen LogP contribution in [0.5, 0.6) is 29.0 Å². The summed E-state index contributed by atoms with van der Waals surface area (Å²) in [5.41, 5.74) is 2.03. The Kier molecular flexibility index (Phi) is 13.8. The van der Waals surface area contributed by atoms with Crippen molar-refractivity contribution in [2.75, 3.05) is 46.4 Å². The fraction of sp³-hybridized carbons (Fsp3) is 0.477. The van der Waals surface area contributed by atoms with Gasteiger partial charge in [-0.3, -0.25) is 0 Å². The van der Waals surface area contributed by atoms with Crippen molar-refractivity contribution in [2.45, 2.75) is 97.1 Å². The number of aliphatic hydroxyl groups is 1. The van der Waals surface area contributed by atoms with E-state index in [1.165, 1.54) is 10.7 Å². The number of aliphatic hydroxyl groups excluding tert-OH is 1. The van der Waals surface area contributed by atoms with Crippen molar-refractivity contribution >= 4 is 17.6 Å². The summed E-state index contributed by atoms with van der Waals surface area (Å²) < 4.78 is 51.8. The van der Waals surface area contributed by atoms with Crippen molar-refractivity contribution in [3.63, 3.8) is 0 Å². The van der Waals surface area contributed by atoms with Gasteiger partial charge in [0, 0.05) is 66.6 Å². The Morgan fingerprint density at radius 3 is 2.07 bits per heavy atom. The molecule has 0 bridgehead atoms. The van der Waals surface area contributed by atoms with E-state index in [2.05, 4.69) is 11.9 Å². The van der Waals surface area contributed by atoms with Crippen LogP contribution >= 0.6 is 0 Å². The van der Waals surface area contributed by atoms with E-state index in [1.807, 2.05) is 69.0 Å². The molecule has 16 heteroatoms. The number of amides is 1. The number of imidazole rings is 1. The number of hydrogen-bond donors (Lipinski definition) is 1. The Bertz CT molecular complexity index is 2200. The zero-order valence-electron chi connectivity index (χ0n) is 35.9. The van der Waals surface area contributed by atoms with Crippen LogP contribution in [0.3, 0.4) is 0 Å². The average Bonchev–Trinajstić information content (AvgIpc) is 3.66. The SMILES string of the molecule is CCC[C@H](C)Oc1nc(N(Cc2ccc(OC)cc2OC)Cc2ccc(OC)cc2OC)c2ncc(C(O)c3ccc(C4CCN(C(=O)OC(C)(C)C)CC4)nc3F)n2n1. The molecule has 15 nitrogen and oxygen atoms in total. The summed E-state index contributed by atoms with van der Waals surface area (Å²) in [6, 6.07) is 14.5. The molecular weight excluding hydrogens is 774 g/mol. The van der Waals surface area contributed by atoms with E-state index < -0.39 is 17.7 Å². The van der Waals surface area contributed by atoms with Gasteiger partial charge >= 0.3 is 12.1 Å². The summed E-state index contributed by atoms with van der Waals surface area (Å²) in [6.07, 6.45) is 2.16. The maximum Gasteiger partial charge on any atom is 0.410 e. The molecule has 0 aliphatic carbocycles. The zero-order valence-corrected chi connectivity index (χ0v) is 35.9. The summed E-state index contributed by atoms with van der Waals surface area (Å²) in [5.74, 6) is 1.96. The molecule has 1 fully saturated rings. The van der Waals surface area contributed by atoms with Gasteiger partial charge in [-0.25, -0.2) is 19.3 Å². The number of carbonyl (C=O) groups is 1. The monoisotopic (exact) mass is 829 g/mol. The first-order chi connectivity index (χ1) is 28.7. The van der Waals surface area contributed by atoms with Crippen LogP contribution < -0.4 is 28.6 Å². The molecule has 0 spiro atoms. The first kappa shape index (κ1) is 43.7. The molecule has 1 unspecified atom stereocenters. The number of halogens is 1. The average molecular weight is 830 g/mol. The Balaban J connectivity index is 1.38. The number of nitrogens with zero attached hydrogens (tertiary/aromatic N) is 7. The van der Waals surface area contributed by atoms with Crippen molar-refractivity contribution in [3.8, 4) is 29.0 Å². The predicted octanol–water partition coefficient (Wildman–Crippen LogP) is 7.66. The standard InChI is InChI=1S/C44H56FN7O8/c1-10-11-27(2)59-42-48-41(51(25-29-12-14-31(55-6)22-36(29)57-8)26-30-13-15-32(56-7)23-37(30)58-9)40-46-24-35(52(40)49-42)38(53)33-16-17-34(47-39(33)45)28-18-20-50(21-19-28)43(54)60-44(3,4)5/h12-17,22-24,27-28,38,53H,10-11,18-21,25-26H2,1-9H3/t27-,38?/m0/s1. The number of benzene rings is 2. The van der Waals surface area contributed by atoms with Crippen molar-refractivity contribution in [1.29, 1.82) is 0 Å². The molecule has 1 aliphatic rings. The van der Waals surface area contributed by atoms with Crippen LogP contribution in [0.4, 0.5) is 15.0 Å². The number of anilines is 1. The summed E-state index contributed by atoms with van der Waals surface area (Å²) in [5, 5.41) is 16.6. The maximum atomic E-state index is 16.0. The number of hydrogen-bond acceptors (Lipinski definition) is 13. The highest BCUT2D eigenvalue weighted by atomic mass is 19.1. The highest BCUT2D eigenvalue weighted by Crippen LogP contribution is 2.35. The number of methoxy groups -OCH3 is 4. The third kappa shape index (κ3) is 10.1. The van der Waals surface area contributed by atoms with Gasteiger partial charge in [0.15, 0.2) is 11.5 Å². The van der Waals surface area contributed by atoms with Crippen molar-refractivity contribution in [3.05, 3.63) is 88.8 Å². The van der Waals surface area contributed by atoms with Gasteiger partial charge in [-0.05, 0) is 83.4 Å². The number of pyridine rings is 1. The molecule has 322 valence electrons. The minimum atomic E-state index is -1.50. The molecule has 0 saturated carbocycles. The van der Waals surface area contributed by atoms with E-state index >= 15 is 4.39 Å². The van der Waals surface area contributed by atoms with Crippen LogP contribution in [-0.2, 0) is 17.8 Å². The second kappa shape index (κ2) is 19.0. The molecule has 2 aromatic carbocycles. The largest absolute Gasteiger partial charge is 0.497 e. The van der Waals surface area contributed by atoms with Gasteiger partial charge < -0.3 is 43.3 Å². The van der Waals surface area contributed by atoms with E-state index in [0.29, 0.717) is 66.1 Å². The molecule has 1 aliphatic heterocycles. The Labute approximate surface area is 350 Å². The van der Waals surface area contributed by atoms with E-state index in [9.17, 15) is 9.90 Å². The van der Waals surface area contributed by atoms with E-state index in [0.717, 1.165) is 24.0 Å². The number of carbonyl (C=O) groups excluding carboxylic acids is 1. The smallest absolute Gasteiger partial charge is 0.410 e. The summed E-state index contributed by atoms with van der Waals surface area (Å²) in [6.45, 7) is 11.0. The predicted molar refractivity (Wildman–Crippen MR) is 223 cm³/mol. The second-order valence-corrected chi connectivity index (χ2v) is 15.8. The van der Waals surface area contributed by atoms with Gasteiger partial charge in [0.25, 0.3) is 0 Å². The van der Waals surface area contributed by atoms with E-state index in [-0.39, 0.29) is 48.5 Å². The van der Waals surface area contributed by atoms with Gasteiger partial charge in [-0.2, -0.15) is 9.37 Å². The number of fused-ring (bicyclic) bond motifs is 1. The third-order valence-corrected chi connectivity index (χ3v) is 10.4. The third-order valence-electron chi connectivity index (χ3n) is 10.4. The molecule has 3 aromatic heterocycles. The van der Waals surface area contributed by atoms with Crippen LogP contribution in [0.2, 0.25) is 0 Å². The molecule has 60 heavy (non-hydrogen) atoms.